The van der Waals surface area contributed by atoms with E-state index in [1.165, 1.54) is 0 Å². The van der Waals surface area contributed by atoms with E-state index >= 15 is 0 Å². The normalized spacial score (nSPS) is 32.8. The van der Waals surface area contributed by atoms with Crippen LogP contribution in [0.1, 0.15) is 64.5 Å². The Morgan fingerprint density at radius 1 is 1.05 bits per heavy atom. The molecule has 4 aliphatic heterocycles. The smallest absolute Gasteiger partial charge is 0.303 e. The first kappa shape index (κ1) is 31.3. The molecule has 4 aliphatic rings. The van der Waals surface area contributed by atoms with Gasteiger partial charge in [-0.1, -0.05) is 33.4 Å². The zero-order valence-electron chi connectivity index (χ0n) is 26.0. The van der Waals surface area contributed by atoms with Gasteiger partial charge in [0, 0.05) is 52.6 Å². The van der Waals surface area contributed by atoms with Gasteiger partial charge in [-0.05, 0) is 73.6 Å². The molecule has 236 valence electrons. The number of H-pyrrole nitrogens is 1. The third-order valence-electron chi connectivity index (χ3n) is 9.89. The number of hydrogen-bond donors (Lipinski definition) is 7. The largest absolute Gasteiger partial charge is 0.495 e. The van der Waals surface area contributed by atoms with Crippen LogP contribution in [-0.2, 0) is 20.8 Å². The van der Waals surface area contributed by atoms with E-state index in [0.29, 0.717) is 12.8 Å². The molecule has 3 unspecified atom stereocenters. The SMILES string of the molecule is C=CC1=C(O)N[C@H](/C=c2/[nH]/c(=C\[C@]34NN3C(/C=C3\NC(=O)[C@H](C)[C@H]3CC)C(C)=C4CCC(=O)O)c(CCC(=O)O)c2C)C1C. The lowest BCUT2D eigenvalue weighted by Gasteiger charge is -2.16. The van der Waals surface area contributed by atoms with Crippen LogP contribution in [0.25, 0.3) is 12.2 Å². The second-order valence-corrected chi connectivity index (χ2v) is 12.4. The van der Waals surface area contributed by atoms with Crippen molar-refractivity contribution in [1.29, 1.82) is 0 Å². The van der Waals surface area contributed by atoms with Crippen LogP contribution >= 0.6 is 0 Å². The summed E-state index contributed by atoms with van der Waals surface area (Å²) < 4.78 is 0. The zero-order chi connectivity index (χ0) is 32.1. The minimum Gasteiger partial charge on any atom is -0.495 e. The molecule has 0 bridgehead atoms. The van der Waals surface area contributed by atoms with E-state index in [4.69, 9.17) is 0 Å². The van der Waals surface area contributed by atoms with Gasteiger partial charge in [-0.25, -0.2) is 10.4 Å². The van der Waals surface area contributed by atoms with Crippen LogP contribution in [0.4, 0.5) is 0 Å². The number of nitrogens with one attached hydrogen (secondary N) is 4. The van der Waals surface area contributed by atoms with Crippen LogP contribution in [0.3, 0.4) is 0 Å². The summed E-state index contributed by atoms with van der Waals surface area (Å²) in [6.45, 7) is 13.8. The van der Waals surface area contributed by atoms with Crippen molar-refractivity contribution in [3.05, 3.63) is 68.9 Å². The maximum Gasteiger partial charge on any atom is 0.303 e. The number of aliphatic hydroxyl groups excluding tert-OH is 1. The Morgan fingerprint density at radius 3 is 2.34 bits per heavy atom. The summed E-state index contributed by atoms with van der Waals surface area (Å²) in [5, 5.41) is 39.2. The molecule has 1 aromatic heterocycles. The summed E-state index contributed by atoms with van der Waals surface area (Å²) in [5.74, 6) is -1.73. The van der Waals surface area contributed by atoms with Crippen molar-refractivity contribution in [2.24, 2.45) is 17.8 Å². The van der Waals surface area contributed by atoms with Gasteiger partial charge < -0.3 is 30.9 Å². The quantitative estimate of drug-likeness (QED) is 0.147. The number of aromatic nitrogens is 1. The van der Waals surface area contributed by atoms with Crippen molar-refractivity contribution >= 4 is 30.0 Å². The van der Waals surface area contributed by atoms with Gasteiger partial charge in [0.15, 0.2) is 5.88 Å². The van der Waals surface area contributed by atoms with Gasteiger partial charge in [-0.15, -0.1) is 0 Å². The number of hydrazine groups is 1. The number of amides is 1. The fourth-order valence-electron chi connectivity index (χ4n) is 7.21. The summed E-state index contributed by atoms with van der Waals surface area (Å²) >= 11 is 0. The molecule has 7 atom stereocenters. The number of rotatable bonds is 11. The minimum absolute atomic E-state index is 0.00826. The van der Waals surface area contributed by atoms with Gasteiger partial charge >= 0.3 is 11.9 Å². The predicted molar refractivity (Wildman–Crippen MR) is 166 cm³/mol. The van der Waals surface area contributed by atoms with Gasteiger partial charge in [0.2, 0.25) is 5.91 Å². The third-order valence-corrected chi connectivity index (χ3v) is 9.89. The lowest BCUT2D eigenvalue weighted by atomic mass is 9.90. The third kappa shape index (κ3) is 5.39. The standard InChI is InChI=1S/C33H43N5O6/c1-7-20-18(5)31(43)36-26(20)14-28-19(6)23(10-12-30(41)42)33(37-38(28)33)15-27-22(9-11-29(39)40)17(4)24(34-27)13-25-16(3)21(8-2)32(44)35-25/h8,13-16,18,20,25,28,34-35,37,44H,2,7,9-12H2,1,3-6H3,(H,36,43)(H,39,40)(H,41,42)/b24-13+,26-14-,27-15-/t16?,18-,20-,25-,28?,33+,38?/m1/s1. The molecule has 1 aromatic rings. The molecule has 0 radical (unpaired) electrons. The Hall–Kier alpha value is -4.09. The number of carbonyl (C=O) groups excluding carboxylic acids is 1. The Bertz CT molecular complexity index is 1630. The van der Waals surface area contributed by atoms with Crippen molar-refractivity contribution < 1.29 is 29.7 Å². The van der Waals surface area contributed by atoms with Crippen molar-refractivity contribution in [2.75, 3.05) is 0 Å². The first-order chi connectivity index (χ1) is 20.8. The van der Waals surface area contributed by atoms with Gasteiger partial charge in [0.1, 0.15) is 5.66 Å². The van der Waals surface area contributed by atoms with Crippen molar-refractivity contribution in [1.82, 2.24) is 26.1 Å². The molecule has 0 aromatic carbocycles. The van der Waals surface area contributed by atoms with Crippen LogP contribution in [0, 0.1) is 24.7 Å². The van der Waals surface area contributed by atoms with Crippen LogP contribution in [-0.4, -0.2) is 60.9 Å². The van der Waals surface area contributed by atoms with Crippen molar-refractivity contribution in [3.8, 4) is 0 Å². The van der Waals surface area contributed by atoms with E-state index in [0.717, 1.165) is 50.7 Å². The highest BCUT2D eigenvalue weighted by molar-refractivity contribution is 5.84. The molecule has 44 heavy (non-hydrogen) atoms. The van der Waals surface area contributed by atoms with Crippen LogP contribution in [0.2, 0.25) is 0 Å². The molecular weight excluding hydrogens is 562 g/mol. The Morgan fingerprint density at radius 2 is 1.73 bits per heavy atom. The Balaban J connectivity index is 1.59. The zero-order valence-corrected chi connectivity index (χ0v) is 26.0. The fraction of sp³-hybridized carbons (Fsp3) is 0.485. The van der Waals surface area contributed by atoms with Crippen LogP contribution in [0.15, 0.2) is 47.0 Å². The van der Waals surface area contributed by atoms with E-state index in [9.17, 15) is 29.7 Å². The Labute approximate surface area is 256 Å². The predicted octanol–water partition coefficient (Wildman–Crippen LogP) is 2.22. The molecule has 0 spiro atoms. The molecule has 5 rings (SSSR count). The summed E-state index contributed by atoms with van der Waals surface area (Å²) in [5.41, 5.74) is 8.13. The summed E-state index contributed by atoms with van der Waals surface area (Å²) in [6, 6.07) is -0.385. The molecule has 1 amide bonds. The summed E-state index contributed by atoms with van der Waals surface area (Å²) in [4.78, 5) is 39.2. The second-order valence-electron chi connectivity index (χ2n) is 12.4. The average molecular weight is 606 g/mol. The van der Waals surface area contributed by atoms with Crippen molar-refractivity contribution in [3.63, 3.8) is 0 Å². The van der Waals surface area contributed by atoms with Gasteiger partial charge in [0.05, 0.1) is 12.1 Å². The first-order valence-corrected chi connectivity index (χ1v) is 15.3. The molecular formula is C33H43N5O6. The van der Waals surface area contributed by atoms with E-state index in [2.05, 4.69) is 45.6 Å². The molecule has 7 N–H and O–H groups in total. The highest BCUT2D eigenvalue weighted by atomic mass is 16.4. The number of carbonyl (C=O) groups is 3. The number of aliphatic carboxylic acids is 2. The van der Waals surface area contributed by atoms with Crippen molar-refractivity contribution in [2.45, 2.75) is 84.5 Å². The molecule has 2 saturated heterocycles. The summed E-state index contributed by atoms with van der Waals surface area (Å²) in [6.07, 6.45) is 9.16. The number of carboxylic acids is 2. The summed E-state index contributed by atoms with van der Waals surface area (Å²) in [7, 11) is 0. The molecule has 5 heterocycles. The number of nitrogens with zero attached hydrogens (tertiary/aromatic N) is 1. The first-order valence-electron chi connectivity index (χ1n) is 15.3. The number of hydrogen-bond acceptors (Lipinski definition) is 7. The number of aliphatic hydroxyl groups is 1. The number of fused-ring (bicyclic) bond motifs is 1. The average Bonchev–Trinajstić information content (AvgIpc) is 3.25. The number of carboxylic acid groups (broad SMARTS) is 2. The number of allylic oxidation sites excluding steroid dienone is 2. The van der Waals surface area contributed by atoms with E-state index in [-0.39, 0.29) is 54.5 Å². The van der Waals surface area contributed by atoms with Crippen LogP contribution < -0.4 is 26.8 Å². The molecule has 0 aliphatic carbocycles. The highest BCUT2D eigenvalue weighted by Gasteiger charge is 2.61. The van der Waals surface area contributed by atoms with E-state index in [1.807, 2.05) is 39.8 Å². The van der Waals surface area contributed by atoms with Gasteiger partial charge in [0.25, 0.3) is 0 Å². The Kier molecular flexibility index (Phi) is 8.39. The highest BCUT2D eigenvalue weighted by Crippen LogP contribution is 2.50. The molecule has 11 nitrogen and oxygen atoms in total. The second kappa shape index (κ2) is 11.8. The van der Waals surface area contributed by atoms with E-state index in [1.54, 1.807) is 6.08 Å². The molecule has 11 heteroatoms. The monoisotopic (exact) mass is 605 g/mol. The van der Waals surface area contributed by atoms with Crippen LogP contribution in [0.5, 0.6) is 0 Å². The molecule has 2 fully saturated rings. The van der Waals surface area contributed by atoms with Gasteiger partial charge in [-0.3, -0.25) is 14.4 Å². The minimum atomic E-state index is -0.897. The lowest BCUT2D eigenvalue weighted by molar-refractivity contribution is -0.138. The number of aromatic amines is 1. The lowest BCUT2D eigenvalue weighted by Crippen LogP contribution is -2.29. The molecule has 0 saturated carbocycles. The maximum atomic E-state index is 12.5. The van der Waals surface area contributed by atoms with E-state index < -0.39 is 17.6 Å². The topological polar surface area (TPSA) is 177 Å². The van der Waals surface area contributed by atoms with Gasteiger partial charge in [-0.2, -0.15) is 0 Å². The maximum absolute atomic E-state index is 12.5. The fourth-order valence-corrected chi connectivity index (χ4v) is 7.21.